The van der Waals surface area contributed by atoms with Crippen molar-refractivity contribution in [1.29, 1.82) is 0 Å². The molecular formula is C19H24. The van der Waals surface area contributed by atoms with E-state index in [-0.39, 0.29) is 0 Å². The van der Waals surface area contributed by atoms with Crippen molar-refractivity contribution in [1.82, 2.24) is 0 Å². The Bertz CT molecular complexity index is 496. The maximum Gasteiger partial charge on any atom is -0.0155 e. The zero-order chi connectivity index (χ0) is 14.3. The minimum atomic E-state index is 0.511. The summed E-state index contributed by atoms with van der Waals surface area (Å²) < 4.78 is 0. The third-order valence-corrected chi connectivity index (χ3v) is 2.99. The predicted molar refractivity (Wildman–Crippen MR) is 87.0 cm³/mol. The Labute approximate surface area is 117 Å². The highest BCUT2D eigenvalue weighted by Crippen LogP contribution is 2.26. The highest BCUT2D eigenvalue weighted by atomic mass is 14.1. The van der Waals surface area contributed by atoms with Gasteiger partial charge in [-0.3, -0.25) is 0 Å². The second-order valence-electron chi connectivity index (χ2n) is 4.97. The van der Waals surface area contributed by atoms with Crippen LogP contribution in [0.5, 0.6) is 0 Å². The Kier molecular flexibility index (Phi) is 6.08. The fraction of sp³-hybridized carbons (Fsp3) is 0.263. The summed E-state index contributed by atoms with van der Waals surface area (Å²) in [6, 6.07) is 10.5. The van der Waals surface area contributed by atoms with E-state index in [9.17, 15) is 0 Å². The molecule has 1 aromatic carbocycles. The lowest BCUT2D eigenvalue weighted by atomic mass is 9.93. The van der Waals surface area contributed by atoms with Crippen LogP contribution in [0.2, 0.25) is 0 Å². The number of hydrogen-bond donors (Lipinski definition) is 0. The third-order valence-electron chi connectivity index (χ3n) is 2.99. The molecule has 0 N–H and O–H groups in total. The van der Waals surface area contributed by atoms with Gasteiger partial charge in [0.2, 0.25) is 0 Å². The van der Waals surface area contributed by atoms with Gasteiger partial charge in [0.25, 0.3) is 0 Å². The first-order valence-corrected chi connectivity index (χ1v) is 6.83. The van der Waals surface area contributed by atoms with Crippen LogP contribution in [0.1, 0.15) is 33.3 Å². The Balaban J connectivity index is 3.38. The molecule has 0 saturated carbocycles. The normalized spacial score (nSPS) is 13.8. The van der Waals surface area contributed by atoms with Crippen LogP contribution in [-0.2, 0) is 0 Å². The molecule has 1 aromatic rings. The van der Waals surface area contributed by atoms with Crippen molar-refractivity contribution >= 4 is 5.57 Å². The molecule has 0 nitrogen and oxygen atoms in total. The van der Waals surface area contributed by atoms with Crippen molar-refractivity contribution < 1.29 is 0 Å². The zero-order valence-corrected chi connectivity index (χ0v) is 12.5. The molecule has 0 aliphatic rings. The lowest BCUT2D eigenvalue weighted by Gasteiger charge is -2.12. The Hall–Kier alpha value is -1.82. The van der Waals surface area contributed by atoms with Gasteiger partial charge in [-0.2, -0.15) is 0 Å². The van der Waals surface area contributed by atoms with Gasteiger partial charge >= 0.3 is 0 Å². The van der Waals surface area contributed by atoms with E-state index in [2.05, 4.69) is 69.8 Å². The SMILES string of the molecule is C=CC(=C/C(C)C)/C(/C=C\C)=C(/C)c1ccccc1. The minimum absolute atomic E-state index is 0.511. The molecule has 0 amide bonds. The topological polar surface area (TPSA) is 0 Å². The predicted octanol–water partition coefficient (Wildman–Crippen LogP) is 5.80. The second kappa shape index (κ2) is 7.58. The summed E-state index contributed by atoms with van der Waals surface area (Å²) in [7, 11) is 0. The maximum absolute atomic E-state index is 3.96. The van der Waals surface area contributed by atoms with E-state index in [1.807, 2.05) is 19.1 Å². The molecule has 0 aliphatic heterocycles. The summed E-state index contributed by atoms with van der Waals surface area (Å²) in [4.78, 5) is 0. The number of benzene rings is 1. The van der Waals surface area contributed by atoms with Crippen molar-refractivity contribution in [2.75, 3.05) is 0 Å². The van der Waals surface area contributed by atoms with E-state index < -0.39 is 0 Å². The molecule has 0 bridgehead atoms. The molecule has 1 rings (SSSR count). The van der Waals surface area contributed by atoms with E-state index in [1.165, 1.54) is 22.3 Å². The Morgan fingerprint density at radius 1 is 1.16 bits per heavy atom. The molecule has 0 fully saturated rings. The van der Waals surface area contributed by atoms with E-state index in [1.54, 1.807) is 0 Å². The molecule has 0 aliphatic carbocycles. The molecule has 0 heteroatoms. The monoisotopic (exact) mass is 252 g/mol. The van der Waals surface area contributed by atoms with Crippen LogP contribution < -0.4 is 0 Å². The lowest BCUT2D eigenvalue weighted by molar-refractivity contribution is 0.827. The van der Waals surface area contributed by atoms with E-state index >= 15 is 0 Å². The molecule has 0 spiro atoms. The first-order chi connectivity index (χ1) is 9.10. The van der Waals surface area contributed by atoms with Crippen LogP contribution in [0.3, 0.4) is 0 Å². The highest BCUT2D eigenvalue weighted by Gasteiger charge is 2.06. The standard InChI is InChI=1S/C19H24/c1-6-11-19(17(7-2)14-15(3)4)16(5)18-12-9-8-10-13-18/h6-15H,2H2,1,3-5H3/b11-6-,17-14-,19-16-. The molecule has 0 atom stereocenters. The highest BCUT2D eigenvalue weighted by molar-refractivity contribution is 5.74. The largest absolute Gasteiger partial charge is 0.0985 e. The van der Waals surface area contributed by atoms with E-state index in [0.29, 0.717) is 5.92 Å². The molecule has 0 saturated heterocycles. The summed E-state index contributed by atoms with van der Waals surface area (Å²) in [6.45, 7) is 12.6. The van der Waals surface area contributed by atoms with Crippen molar-refractivity contribution in [3.8, 4) is 0 Å². The zero-order valence-electron chi connectivity index (χ0n) is 12.5. The van der Waals surface area contributed by atoms with Crippen molar-refractivity contribution in [3.63, 3.8) is 0 Å². The van der Waals surface area contributed by atoms with E-state index in [4.69, 9.17) is 0 Å². The molecule has 19 heavy (non-hydrogen) atoms. The lowest BCUT2D eigenvalue weighted by Crippen LogP contribution is -1.92. The fourth-order valence-corrected chi connectivity index (χ4v) is 2.07. The van der Waals surface area contributed by atoms with Gasteiger partial charge in [0, 0.05) is 0 Å². The second-order valence-corrected chi connectivity index (χ2v) is 4.97. The van der Waals surface area contributed by atoms with Gasteiger partial charge in [-0.1, -0.05) is 75.1 Å². The van der Waals surface area contributed by atoms with Crippen LogP contribution in [0.15, 0.2) is 72.4 Å². The van der Waals surface area contributed by atoms with Crippen LogP contribution in [-0.4, -0.2) is 0 Å². The summed E-state index contributed by atoms with van der Waals surface area (Å²) in [6.07, 6.45) is 8.45. The van der Waals surface area contributed by atoms with Crippen molar-refractivity contribution in [3.05, 3.63) is 77.9 Å². The molecule has 0 unspecified atom stereocenters. The molecule has 0 aromatic heterocycles. The van der Waals surface area contributed by atoms with Gasteiger partial charge in [-0.15, -0.1) is 0 Å². The Morgan fingerprint density at radius 2 is 1.79 bits per heavy atom. The first-order valence-electron chi connectivity index (χ1n) is 6.83. The minimum Gasteiger partial charge on any atom is -0.0985 e. The number of allylic oxidation sites excluding steroid dienone is 7. The van der Waals surface area contributed by atoms with Crippen LogP contribution in [0.25, 0.3) is 5.57 Å². The number of rotatable bonds is 5. The molecule has 0 radical (unpaired) electrons. The third kappa shape index (κ3) is 4.40. The van der Waals surface area contributed by atoms with Gasteiger partial charge in [0.05, 0.1) is 0 Å². The number of hydrogen-bond acceptors (Lipinski definition) is 0. The summed E-state index contributed by atoms with van der Waals surface area (Å²) in [5.41, 5.74) is 4.99. The summed E-state index contributed by atoms with van der Waals surface area (Å²) in [5.74, 6) is 0.511. The maximum atomic E-state index is 3.96. The van der Waals surface area contributed by atoms with Crippen LogP contribution in [0, 0.1) is 5.92 Å². The fourth-order valence-electron chi connectivity index (χ4n) is 2.07. The average molecular weight is 252 g/mol. The smallest absolute Gasteiger partial charge is 0.0155 e. The Morgan fingerprint density at radius 3 is 2.26 bits per heavy atom. The summed E-state index contributed by atoms with van der Waals surface area (Å²) in [5, 5.41) is 0. The van der Waals surface area contributed by atoms with E-state index in [0.717, 1.165) is 0 Å². The van der Waals surface area contributed by atoms with Gasteiger partial charge in [-0.05, 0) is 42.0 Å². The van der Waals surface area contributed by atoms with Gasteiger partial charge in [-0.25, -0.2) is 0 Å². The summed E-state index contributed by atoms with van der Waals surface area (Å²) >= 11 is 0. The van der Waals surface area contributed by atoms with Gasteiger partial charge in [0.15, 0.2) is 0 Å². The van der Waals surface area contributed by atoms with Gasteiger partial charge in [0.1, 0.15) is 0 Å². The quantitative estimate of drug-likeness (QED) is 0.580. The first kappa shape index (κ1) is 15.2. The molecule has 100 valence electrons. The average Bonchev–Trinajstić information content (AvgIpc) is 2.42. The van der Waals surface area contributed by atoms with Crippen molar-refractivity contribution in [2.45, 2.75) is 27.7 Å². The van der Waals surface area contributed by atoms with Crippen LogP contribution in [0.4, 0.5) is 0 Å². The van der Waals surface area contributed by atoms with Crippen LogP contribution >= 0.6 is 0 Å². The van der Waals surface area contributed by atoms with Gasteiger partial charge < -0.3 is 0 Å². The van der Waals surface area contributed by atoms with Crippen molar-refractivity contribution in [2.24, 2.45) is 5.92 Å². The molecular weight excluding hydrogens is 228 g/mol. The molecule has 0 heterocycles.